The smallest absolute Gasteiger partial charge is 0.205 e. The lowest BCUT2D eigenvalue weighted by Gasteiger charge is -2.43. The first-order valence-electron chi connectivity index (χ1n) is 12.4. The summed E-state index contributed by atoms with van der Waals surface area (Å²) in [6.07, 6.45) is 7.54. The summed E-state index contributed by atoms with van der Waals surface area (Å²) in [5.41, 5.74) is 5.83. The number of hydrogen-bond donors (Lipinski definition) is 2. The highest BCUT2D eigenvalue weighted by Gasteiger charge is 2.40. The summed E-state index contributed by atoms with van der Waals surface area (Å²) >= 11 is 6.49. The van der Waals surface area contributed by atoms with Crippen LogP contribution in [0.4, 0.5) is 0 Å². The molecule has 180 valence electrons. The van der Waals surface area contributed by atoms with Gasteiger partial charge in [0.15, 0.2) is 0 Å². The molecule has 2 bridgehead atoms. The van der Waals surface area contributed by atoms with Crippen LogP contribution in [0.2, 0.25) is 5.02 Å². The Morgan fingerprint density at radius 2 is 1.94 bits per heavy atom. The van der Waals surface area contributed by atoms with Crippen molar-refractivity contribution in [3.05, 3.63) is 45.5 Å². The second kappa shape index (κ2) is 9.61. The number of rotatable bonds is 4. The van der Waals surface area contributed by atoms with Gasteiger partial charge in [-0.2, -0.15) is 0 Å². The van der Waals surface area contributed by atoms with Crippen LogP contribution >= 0.6 is 11.6 Å². The SMILES string of the molecule is CO/C(=C1\C2CCCC1C1=C(CCCC1)C2)c1ccc(Cl)c(OC2OC[C@@H](O)[C@H](O)[C@@H]2C)c1. The van der Waals surface area contributed by atoms with Gasteiger partial charge in [0.05, 0.1) is 24.8 Å². The lowest BCUT2D eigenvalue weighted by atomic mass is 9.62. The Balaban J connectivity index is 1.48. The summed E-state index contributed by atoms with van der Waals surface area (Å²) < 4.78 is 17.8. The molecule has 3 aliphatic carbocycles. The molecular formula is C27H35ClO5. The zero-order chi connectivity index (χ0) is 23.1. The third kappa shape index (κ3) is 4.34. The van der Waals surface area contributed by atoms with E-state index in [-0.39, 0.29) is 12.5 Å². The number of allylic oxidation sites excluding steroid dienone is 3. The van der Waals surface area contributed by atoms with Crippen LogP contribution < -0.4 is 4.74 Å². The number of fused-ring (bicyclic) bond motifs is 3. The average molecular weight is 475 g/mol. The van der Waals surface area contributed by atoms with Crippen molar-refractivity contribution >= 4 is 17.4 Å². The van der Waals surface area contributed by atoms with Crippen molar-refractivity contribution in [2.75, 3.05) is 13.7 Å². The highest BCUT2D eigenvalue weighted by molar-refractivity contribution is 6.32. The fraction of sp³-hybridized carbons (Fsp3) is 0.630. The molecule has 4 aliphatic rings. The maximum absolute atomic E-state index is 10.2. The van der Waals surface area contributed by atoms with Gasteiger partial charge in [-0.1, -0.05) is 36.1 Å². The van der Waals surface area contributed by atoms with Crippen LogP contribution in [-0.2, 0) is 9.47 Å². The van der Waals surface area contributed by atoms with Crippen molar-refractivity contribution in [3.63, 3.8) is 0 Å². The maximum atomic E-state index is 10.2. The van der Waals surface area contributed by atoms with Crippen molar-refractivity contribution in [2.24, 2.45) is 17.8 Å². The fourth-order valence-electron chi connectivity index (χ4n) is 6.38. The third-order valence-electron chi connectivity index (χ3n) is 8.10. The van der Waals surface area contributed by atoms with Gasteiger partial charge in [0.1, 0.15) is 17.6 Å². The highest BCUT2D eigenvalue weighted by atomic mass is 35.5. The Bertz CT molecular complexity index is 954. The molecule has 2 fully saturated rings. The molecule has 0 radical (unpaired) electrons. The van der Waals surface area contributed by atoms with Gasteiger partial charge >= 0.3 is 0 Å². The zero-order valence-electron chi connectivity index (χ0n) is 19.6. The van der Waals surface area contributed by atoms with E-state index in [1.165, 1.54) is 56.9 Å². The lowest BCUT2D eigenvalue weighted by molar-refractivity contribution is -0.214. The van der Waals surface area contributed by atoms with Crippen molar-refractivity contribution in [1.82, 2.24) is 0 Å². The minimum Gasteiger partial charge on any atom is -0.496 e. The number of hydrogen-bond acceptors (Lipinski definition) is 5. The van der Waals surface area contributed by atoms with Crippen LogP contribution in [0.3, 0.4) is 0 Å². The summed E-state index contributed by atoms with van der Waals surface area (Å²) in [5, 5.41) is 20.6. The third-order valence-corrected chi connectivity index (χ3v) is 8.41. The minimum absolute atomic E-state index is 0.0294. The van der Waals surface area contributed by atoms with Crippen LogP contribution in [0.1, 0.15) is 63.9 Å². The molecule has 5 rings (SSSR count). The van der Waals surface area contributed by atoms with E-state index in [1.54, 1.807) is 25.2 Å². The van der Waals surface area contributed by atoms with E-state index < -0.39 is 18.5 Å². The van der Waals surface area contributed by atoms with Crippen LogP contribution in [0.15, 0.2) is 34.9 Å². The zero-order valence-corrected chi connectivity index (χ0v) is 20.3. The first kappa shape index (κ1) is 23.2. The van der Waals surface area contributed by atoms with E-state index in [9.17, 15) is 10.2 Å². The number of aliphatic hydroxyl groups excluding tert-OH is 2. The van der Waals surface area contributed by atoms with Gasteiger partial charge in [0.2, 0.25) is 6.29 Å². The normalized spacial score (nSPS) is 35.7. The maximum Gasteiger partial charge on any atom is 0.205 e. The summed E-state index contributed by atoms with van der Waals surface area (Å²) in [4.78, 5) is 0. The molecule has 1 saturated carbocycles. The van der Waals surface area contributed by atoms with Crippen molar-refractivity contribution in [1.29, 1.82) is 0 Å². The molecule has 1 saturated heterocycles. The molecule has 1 aromatic rings. The van der Waals surface area contributed by atoms with E-state index in [0.29, 0.717) is 22.6 Å². The largest absolute Gasteiger partial charge is 0.496 e. The summed E-state index contributed by atoms with van der Waals surface area (Å²) in [7, 11) is 1.77. The second-order valence-corrected chi connectivity index (χ2v) is 10.5. The topological polar surface area (TPSA) is 68.2 Å². The Morgan fingerprint density at radius 3 is 2.76 bits per heavy atom. The molecule has 6 atom stereocenters. The van der Waals surface area contributed by atoms with Crippen LogP contribution in [-0.4, -0.2) is 42.4 Å². The van der Waals surface area contributed by atoms with Crippen LogP contribution in [0.25, 0.3) is 5.76 Å². The average Bonchev–Trinajstić information content (AvgIpc) is 2.82. The molecule has 0 amide bonds. The fourth-order valence-corrected chi connectivity index (χ4v) is 6.54. The van der Waals surface area contributed by atoms with E-state index >= 15 is 0 Å². The van der Waals surface area contributed by atoms with Gasteiger partial charge in [-0.05, 0) is 74.6 Å². The Morgan fingerprint density at radius 1 is 1.12 bits per heavy atom. The number of halogens is 1. The quantitative estimate of drug-likeness (QED) is 0.446. The first-order chi connectivity index (χ1) is 16.0. The predicted octanol–water partition coefficient (Wildman–Crippen LogP) is 5.48. The van der Waals surface area contributed by atoms with Crippen molar-refractivity contribution in [2.45, 2.75) is 76.8 Å². The molecule has 2 N–H and O–H groups in total. The molecule has 6 heteroatoms. The van der Waals surface area contributed by atoms with Crippen LogP contribution in [0, 0.1) is 17.8 Å². The lowest BCUT2D eigenvalue weighted by Crippen LogP contribution is -2.50. The Hall–Kier alpha value is -1.53. The molecular weight excluding hydrogens is 440 g/mol. The molecule has 33 heavy (non-hydrogen) atoms. The van der Waals surface area contributed by atoms with Crippen molar-refractivity contribution in [3.8, 4) is 5.75 Å². The summed E-state index contributed by atoms with van der Waals surface area (Å²) in [5.74, 6) is 2.12. The number of aliphatic hydroxyl groups is 2. The number of benzene rings is 1. The molecule has 0 aromatic heterocycles. The second-order valence-electron chi connectivity index (χ2n) is 10.1. The molecule has 0 spiro atoms. The molecule has 1 aromatic carbocycles. The Labute approximate surface area is 201 Å². The molecule has 3 unspecified atom stereocenters. The molecule has 1 aliphatic heterocycles. The summed E-state index contributed by atoms with van der Waals surface area (Å²) in [6.45, 7) is 1.83. The van der Waals surface area contributed by atoms with Gasteiger partial charge in [-0.25, -0.2) is 0 Å². The first-order valence-corrected chi connectivity index (χ1v) is 12.8. The standard InChI is InChI=1S/C27H35ClO5/c1-15-25(30)22(29)14-32-27(15)33-23-13-18(10-11-21(23)28)26(31-2)24-17-7-5-9-20(24)19-8-4-3-6-16(19)12-17/h10-11,13,15,17,20,22,25,27,29-30H,3-9,12,14H2,1-2H3/b26-24+/t15-,17?,20?,22+,25+,27?/m0/s1. The molecule has 1 heterocycles. The number of methoxy groups -OCH3 is 1. The van der Waals surface area contributed by atoms with Gasteiger partial charge in [-0.3, -0.25) is 0 Å². The van der Waals surface area contributed by atoms with Gasteiger partial charge < -0.3 is 24.4 Å². The predicted molar refractivity (Wildman–Crippen MR) is 128 cm³/mol. The van der Waals surface area contributed by atoms with Gasteiger partial charge in [0, 0.05) is 17.4 Å². The Kier molecular flexibility index (Phi) is 6.76. The van der Waals surface area contributed by atoms with Crippen LogP contribution in [0.5, 0.6) is 5.75 Å². The summed E-state index contributed by atoms with van der Waals surface area (Å²) in [6, 6.07) is 5.78. The van der Waals surface area contributed by atoms with E-state index in [0.717, 1.165) is 11.3 Å². The highest BCUT2D eigenvalue weighted by Crippen LogP contribution is 2.53. The monoisotopic (exact) mass is 474 g/mol. The van der Waals surface area contributed by atoms with E-state index in [2.05, 4.69) is 0 Å². The number of ether oxygens (including phenoxy) is 3. The minimum atomic E-state index is -0.906. The van der Waals surface area contributed by atoms with Gasteiger partial charge in [-0.15, -0.1) is 0 Å². The van der Waals surface area contributed by atoms with E-state index in [1.807, 2.05) is 18.2 Å². The van der Waals surface area contributed by atoms with E-state index in [4.69, 9.17) is 25.8 Å². The molecule has 5 nitrogen and oxygen atoms in total. The van der Waals surface area contributed by atoms with Gasteiger partial charge in [0.25, 0.3) is 0 Å². The van der Waals surface area contributed by atoms with Crippen molar-refractivity contribution < 1.29 is 24.4 Å².